The van der Waals surface area contributed by atoms with Crippen molar-refractivity contribution in [3.05, 3.63) is 46.5 Å². The second-order valence-electron chi connectivity index (χ2n) is 3.66. The summed E-state index contributed by atoms with van der Waals surface area (Å²) in [7, 11) is 1.66. The van der Waals surface area contributed by atoms with Gasteiger partial charge >= 0.3 is 6.03 Å². The number of nitrogens with one attached hydrogen (secondary N) is 2. The number of rotatable bonds is 0. The van der Waals surface area contributed by atoms with E-state index in [0.717, 1.165) is 0 Å². The number of hydrogen-bond donors (Lipinski definition) is 2. The zero-order chi connectivity index (χ0) is 12.4. The number of hydrogen-bond acceptors (Lipinski definition) is 2. The molecule has 1 aliphatic rings. The van der Waals surface area contributed by atoms with Gasteiger partial charge in [-0.1, -0.05) is 18.4 Å². The molecule has 0 aromatic carbocycles. The number of pyridine rings is 1. The maximum atomic E-state index is 11.7. The number of carbonyl (C=O) groups is 1. The first-order chi connectivity index (χ1) is 8.08. The van der Waals surface area contributed by atoms with E-state index in [1.54, 1.807) is 25.4 Å². The highest BCUT2D eigenvalue weighted by Crippen LogP contribution is 2.01. The molecular weight excluding hydrogens is 218 g/mol. The Labute approximate surface area is 98.1 Å². The minimum atomic E-state index is -0.451. The van der Waals surface area contributed by atoms with Crippen molar-refractivity contribution in [3.8, 4) is 11.8 Å². The van der Waals surface area contributed by atoms with Crippen molar-refractivity contribution in [2.24, 2.45) is 7.05 Å². The first-order valence-corrected chi connectivity index (χ1v) is 5.01. The number of nitrogens with zero attached hydrogens (tertiary/aromatic N) is 1. The molecule has 17 heavy (non-hydrogen) atoms. The Morgan fingerprint density at radius 1 is 1.47 bits per heavy atom. The Bertz CT molecular complexity index is 604. The van der Waals surface area contributed by atoms with Crippen LogP contribution in [0.2, 0.25) is 0 Å². The molecule has 1 fully saturated rings. The van der Waals surface area contributed by atoms with Gasteiger partial charge in [-0.2, -0.15) is 0 Å². The van der Waals surface area contributed by atoms with Gasteiger partial charge in [-0.15, -0.1) is 0 Å². The monoisotopic (exact) mass is 229 g/mol. The lowest BCUT2D eigenvalue weighted by Crippen LogP contribution is -2.25. The van der Waals surface area contributed by atoms with Crippen LogP contribution in [0.3, 0.4) is 0 Å². The fourth-order valence-electron chi connectivity index (χ4n) is 1.44. The summed E-state index contributed by atoms with van der Waals surface area (Å²) in [5, 5.41) is 5.07. The molecule has 1 atom stereocenters. The zero-order valence-corrected chi connectivity index (χ0v) is 9.28. The fraction of sp³-hybridized carbons (Fsp3) is 0.167. The second kappa shape index (κ2) is 4.18. The summed E-state index contributed by atoms with van der Waals surface area (Å²) in [5.74, 6) is 5.54. The molecule has 2 rings (SSSR count). The molecule has 2 N–H and O–H groups in total. The molecule has 5 nitrogen and oxygen atoms in total. The van der Waals surface area contributed by atoms with Gasteiger partial charge < -0.3 is 15.2 Å². The smallest absolute Gasteiger partial charge is 0.319 e. The van der Waals surface area contributed by atoms with E-state index in [-0.39, 0.29) is 11.6 Å². The third-order valence-electron chi connectivity index (χ3n) is 2.37. The minimum absolute atomic E-state index is 0.164. The summed E-state index contributed by atoms with van der Waals surface area (Å²) in [6, 6.07) is 2.61. The molecule has 0 spiro atoms. The summed E-state index contributed by atoms with van der Waals surface area (Å²) < 4.78 is 1.45. The predicted molar refractivity (Wildman–Crippen MR) is 63.2 cm³/mol. The second-order valence-corrected chi connectivity index (χ2v) is 3.66. The molecule has 1 aromatic heterocycles. The molecule has 0 bridgehead atoms. The molecule has 1 aliphatic heterocycles. The van der Waals surface area contributed by atoms with Crippen LogP contribution in [0.1, 0.15) is 5.56 Å². The van der Waals surface area contributed by atoms with Gasteiger partial charge in [0.05, 0.1) is 5.56 Å². The Hall–Kier alpha value is -2.48. The van der Waals surface area contributed by atoms with E-state index in [2.05, 4.69) is 29.1 Å². The van der Waals surface area contributed by atoms with Crippen molar-refractivity contribution in [2.45, 2.75) is 6.04 Å². The van der Waals surface area contributed by atoms with Crippen LogP contribution in [0.15, 0.2) is 35.4 Å². The highest BCUT2D eigenvalue weighted by molar-refractivity contribution is 5.81. The Kier molecular flexibility index (Phi) is 2.71. The van der Waals surface area contributed by atoms with E-state index >= 15 is 0 Å². The molecule has 86 valence electrons. The highest BCUT2D eigenvalue weighted by Gasteiger charge is 2.21. The lowest BCUT2D eigenvalue weighted by molar-refractivity contribution is 0.248. The normalized spacial score (nSPS) is 18.1. The maximum Gasteiger partial charge on any atom is 0.320 e. The van der Waals surface area contributed by atoms with Crippen molar-refractivity contribution in [1.29, 1.82) is 0 Å². The van der Waals surface area contributed by atoms with Crippen LogP contribution in [-0.2, 0) is 7.05 Å². The lowest BCUT2D eigenvalue weighted by atomic mass is 10.2. The first-order valence-electron chi connectivity index (χ1n) is 5.01. The van der Waals surface area contributed by atoms with Crippen LogP contribution in [0.4, 0.5) is 4.79 Å². The largest absolute Gasteiger partial charge is 0.320 e. The molecule has 0 radical (unpaired) electrons. The molecule has 2 amide bonds. The molecule has 1 unspecified atom stereocenters. The van der Waals surface area contributed by atoms with Gasteiger partial charge in [0, 0.05) is 18.9 Å². The van der Waals surface area contributed by atoms with Crippen LogP contribution in [0.5, 0.6) is 0 Å². The average molecular weight is 229 g/mol. The van der Waals surface area contributed by atoms with Gasteiger partial charge in [-0.3, -0.25) is 4.79 Å². The Morgan fingerprint density at radius 3 is 2.88 bits per heavy atom. The predicted octanol–water partition coefficient (Wildman–Crippen LogP) is -0.0681. The van der Waals surface area contributed by atoms with E-state index in [9.17, 15) is 9.59 Å². The van der Waals surface area contributed by atoms with Crippen molar-refractivity contribution in [1.82, 2.24) is 15.2 Å². The standard InChI is InChI=1S/C12H11N3O2/c1-8-10(14-12(17)13-8)6-5-9-4-3-7-15(2)11(9)16/h3-4,7,10H,1H2,2H3,(H2,13,14,17). The lowest BCUT2D eigenvalue weighted by Gasteiger charge is -1.99. The van der Waals surface area contributed by atoms with Crippen LogP contribution < -0.4 is 16.2 Å². The van der Waals surface area contributed by atoms with Gasteiger partial charge in [0.1, 0.15) is 6.04 Å². The van der Waals surface area contributed by atoms with E-state index in [1.165, 1.54) is 4.57 Å². The third-order valence-corrected chi connectivity index (χ3v) is 2.37. The van der Waals surface area contributed by atoms with E-state index in [0.29, 0.717) is 11.3 Å². The van der Waals surface area contributed by atoms with Crippen molar-refractivity contribution < 1.29 is 4.79 Å². The van der Waals surface area contributed by atoms with Crippen LogP contribution >= 0.6 is 0 Å². The van der Waals surface area contributed by atoms with Gasteiger partial charge in [0.25, 0.3) is 5.56 Å². The number of aryl methyl sites for hydroxylation is 1. The molecular formula is C12H11N3O2. The first kappa shape index (κ1) is 11.0. The summed E-state index contributed by atoms with van der Waals surface area (Å²) in [6.45, 7) is 3.66. The fourth-order valence-corrected chi connectivity index (χ4v) is 1.44. The van der Waals surface area contributed by atoms with Crippen LogP contribution in [-0.4, -0.2) is 16.6 Å². The summed E-state index contributed by atoms with van der Waals surface area (Å²) in [5.41, 5.74) is 0.724. The third kappa shape index (κ3) is 2.21. The minimum Gasteiger partial charge on any atom is -0.319 e. The summed E-state index contributed by atoms with van der Waals surface area (Å²) in [4.78, 5) is 22.6. The quantitative estimate of drug-likeness (QED) is 0.612. The number of aromatic nitrogens is 1. The maximum absolute atomic E-state index is 11.7. The van der Waals surface area contributed by atoms with E-state index < -0.39 is 6.04 Å². The summed E-state index contributed by atoms with van der Waals surface area (Å²) >= 11 is 0. The highest BCUT2D eigenvalue weighted by atomic mass is 16.2. The van der Waals surface area contributed by atoms with Crippen molar-refractivity contribution >= 4 is 6.03 Å². The number of carbonyl (C=O) groups excluding carboxylic acids is 1. The Morgan fingerprint density at radius 2 is 2.24 bits per heavy atom. The van der Waals surface area contributed by atoms with Gasteiger partial charge in [0.15, 0.2) is 0 Å². The summed E-state index contributed by atoms with van der Waals surface area (Å²) in [6.07, 6.45) is 1.66. The Balaban J connectivity index is 2.28. The molecule has 5 heteroatoms. The zero-order valence-electron chi connectivity index (χ0n) is 9.28. The number of urea groups is 1. The van der Waals surface area contributed by atoms with E-state index in [4.69, 9.17) is 0 Å². The molecule has 1 saturated heterocycles. The van der Waals surface area contributed by atoms with E-state index in [1.807, 2.05) is 0 Å². The SMILES string of the molecule is C=C1NC(=O)NC1C#Cc1cccn(C)c1=O. The molecule has 2 heterocycles. The van der Waals surface area contributed by atoms with Crippen molar-refractivity contribution in [2.75, 3.05) is 0 Å². The molecule has 0 saturated carbocycles. The van der Waals surface area contributed by atoms with Crippen LogP contribution in [0.25, 0.3) is 0 Å². The van der Waals surface area contributed by atoms with Gasteiger partial charge in [-0.05, 0) is 12.1 Å². The van der Waals surface area contributed by atoms with Gasteiger partial charge in [-0.25, -0.2) is 4.79 Å². The molecule has 0 aliphatic carbocycles. The van der Waals surface area contributed by atoms with Crippen molar-refractivity contribution in [3.63, 3.8) is 0 Å². The topological polar surface area (TPSA) is 63.1 Å². The van der Waals surface area contributed by atoms with Crippen LogP contribution in [0, 0.1) is 11.8 Å². The average Bonchev–Trinajstić information content (AvgIpc) is 2.60. The number of amides is 2. The van der Waals surface area contributed by atoms with Gasteiger partial charge in [0.2, 0.25) is 0 Å². The molecule has 1 aromatic rings.